The van der Waals surface area contributed by atoms with E-state index in [2.05, 4.69) is 5.32 Å². The SMILES string of the molecule is CCNCc1cc(Cl)ccc1OCc1cccc(F)c1. The van der Waals surface area contributed by atoms with Gasteiger partial charge in [-0.2, -0.15) is 0 Å². The molecule has 0 heterocycles. The Labute approximate surface area is 123 Å². The zero-order valence-electron chi connectivity index (χ0n) is 11.3. The summed E-state index contributed by atoms with van der Waals surface area (Å²) in [6.07, 6.45) is 0. The first-order valence-corrected chi connectivity index (χ1v) is 6.93. The van der Waals surface area contributed by atoms with Crippen molar-refractivity contribution in [2.45, 2.75) is 20.1 Å². The highest BCUT2D eigenvalue weighted by Crippen LogP contribution is 2.24. The fraction of sp³-hybridized carbons (Fsp3) is 0.250. The molecule has 0 saturated heterocycles. The topological polar surface area (TPSA) is 21.3 Å². The fourth-order valence-electron chi connectivity index (χ4n) is 1.87. The van der Waals surface area contributed by atoms with Crippen LogP contribution in [0.3, 0.4) is 0 Å². The van der Waals surface area contributed by atoms with E-state index in [0.29, 0.717) is 18.2 Å². The zero-order valence-corrected chi connectivity index (χ0v) is 12.1. The highest BCUT2D eigenvalue weighted by Gasteiger charge is 2.05. The Morgan fingerprint density at radius 2 is 2.05 bits per heavy atom. The van der Waals surface area contributed by atoms with E-state index in [9.17, 15) is 4.39 Å². The minimum atomic E-state index is -0.255. The molecule has 0 radical (unpaired) electrons. The van der Waals surface area contributed by atoms with E-state index < -0.39 is 0 Å². The predicted octanol–water partition coefficient (Wildman–Crippen LogP) is 4.17. The van der Waals surface area contributed by atoms with Crippen LogP contribution in [0.2, 0.25) is 5.02 Å². The van der Waals surface area contributed by atoms with Gasteiger partial charge in [0.1, 0.15) is 18.2 Å². The highest BCUT2D eigenvalue weighted by molar-refractivity contribution is 6.30. The van der Waals surface area contributed by atoms with Crippen molar-refractivity contribution < 1.29 is 9.13 Å². The Morgan fingerprint density at radius 1 is 1.20 bits per heavy atom. The molecule has 4 heteroatoms. The number of benzene rings is 2. The molecule has 2 rings (SSSR count). The van der Waals surface area contributed by atoms with Gasteiger partial charge in [0.25, 0.3) is 0 Å². The molecule has 0 amide bonds. The lowest BCUT2D eigenvalue weighted by molar-refractivity contribution is 0.301. The standard InChI is InChI=1S/C16H17ClFNO/c1-2-19-10-13-9-14(17)6-7-16(13)20-11-12-4-3-5-15(18)8-12/h3-9,19H,2,10-11H2,1H3. The number of rotatable bonds is 6. The molecule has 0 aliphatic rings. The summed E-state index contributed by atoms with van der Waals surface area (Å²) in [5.74, 6) is 0.509. The zero-order chi connectivity index (χ0) is 14.4. The van der Waals surface area contributed by atoms with Crippen molar-refractivity contribution in [3.05, 3.63) is 64.4 Å². The van der Waals surface area contributed by atoms with Crippen LogP contribution in [0.25, 0.3) is 0 Å². The lowest BCUT2D eigenvalue weighted by atomic mass is 10.2. The van der Waals surface area contributed by atoms with Gasteiger partial charge in [0.15, 0.2) is 0 Å². The maximum atomic E-state index is 13.1. The molecule has 0 aromatic heterocycles. The van der Waals surface area contributed by atoms with Crippen molar-refractivity contribution in [3.8, 4) is 5.75 Å². The van der Waals surface area contributed by atoms with Gasteiger partial charge in [0.05, 0.1) is 0 Å². The molecule has 0 bridgehead atoms. The van der Waals surface area contributed by atoms with Crippen LogP contribution < -0.4 is 10.1 Å². The van der Waals surface area contributed by atoms with Crippen LogP contribution in [-0.2, 0) is 13.2 Å². The fourth-order valence-corrected chi connectivity index (χ4v) is 2.07. The number of nitrogens with one attached hydrogen (secondary N) is 1. The number of hydrogen-bond acceptors (Lipinski definition) is 2. The Hall–Kier alpha value is -1.58. The van der Waals surface area contributed by atoms with Crippen LogP contribution in [-0.4, -0.2) is 6.54 Å². The third-order valence-corrected chi connectivity index (χ3v) is 3.11. The average Bonchev–Trinajstić information content (AvgIpc) is 2.44. The van der Waals surface area contributed by atoms with Gasteiger partial charge in [-0.25, -0.2) is 4.39 Å². The van der Waals surface area contributed by atoms with E-state index in [0.717, 1.165) is 23.4 Å². The normalized spacial score (nSPS) is 10.6. The van der Waals surface area contributed by atoms with Gasteiger partial charge < -0.3 is 10.1 Å². The monoisotopic (exact) mass is 293 g/mol. The molecule has 106 valence electrons. The molecule has 0 unspecified atom stereocenters. The number of halogens is 2. The van der Waals surface area contributed by atoms with Gasteiger partial charge >= 0.3 is 0 Å². The molecule has 0 aliphatic heterocycles. The first-order chi connectivity index (χ1) is 9.69. The minimum Gasteiger partial charge on any atom is -0.489 e. The Bertz CT molecular complexity index is 574. The van der Waals surface area contributed by atoms with Crippen molar-refractivity contribution in [2.24, 2.45) is 0 Å². The van der Waals surface area contributed by atoms with Crippen LogP contribution in [0, 0.1) is 5.82 Å². The largest absolute Gasteiger partial charge is 0.489 e. The van der Waals surface area contributed by atoms with Gasteiger partial charge in [-0.05, 0) is 42.4 Å². The average molecular weight is 294 g/mol. The molecule has 0 fully saturated rings. The van der Waals surface area contributed by atoms with Gasteiger partial charge in [-0.15, -0.1) is 0 Å². The third-order valence-electron chi connectivity index (χ3n) is 2.87. The van der Waals surface area contributed by atoms with Crippen molar-refractivity contribution in [3.63, 3.8) is 0 Å². The van der Waals surface area contributed by atoms with E-state index in [4.69, 9.17) is 16.3 Å². The van der Waals surface area contributed by atoms with Gasteiger partial charge in [0, 0.05) is 17.1 Å². The second-order valence-corrected chi connectivity index (χ2v) is 4.89. The smallest absolute Gasteiger partial charge is 0.124 e. The quantitative estimate of drug-likeness (QED) is 0.863. The molecule has 20 heavy (non-hydrogen) atoms. The van der Waals surface area contributed by atoms with Crippen LogP contribution >= 0.6 is 11.6 Å². The summed E-state index contributed by atoms with van der Waals surface area (Å²) in [6, 6.07) is 11.9. The second-order valence-electron chi connectivity index (χ2n) is 4.45. The molecule has 2 aromatic carbocycles. The molecular weight excluding hydrogens is 277 g/mol. The molecule has 0 aliphatic carbocycles. The summed E-state index contributed by atoms with van der Waals surface area (Å²) in [4.78, 5) is 0. The van der Waals surface area contributed by atoms with E-state index in [1.165, 1.54) is 12.1 Å². The van der Waals surface area contributed by atoms with Crippen molar-refractivity contribution >= 4 is 11.6 Å². The summed E-state index contributed by atoms with van der Waals surface area (Å²) in [5.41, 5.74) is 1.80. The van der Waals surface area contributed by atoms with E-state index in [1.54, 1.807) is 12.1 Å². The molecule has 2 aromatic rings. The Balaban J connectivity index is 2.08. The van der Waals surface area contributed by atoms with Crippen LogP contribution in [0.1, 0.15) is 18.1 Å². The lowest BCUT2D eigenvalue weighted by Gasteiger charge is -2.12. The molecular formula is C16H17ClFNO. The number of ether oxygens (including phenoxy) is 1. The second kappa shape index (κ2) is 7.27. The van der Waals surface area contributed by atoms with Crippen molar-refractivity contribution in [1.82, 2.24) is 5.32 Å². The summed E-state index contributed by atoms with van der Waals surface area (Å²) >= 11 is 6.00. The van der Waals surface area contributed by atoms with E-state index in [1.807, 2.05) is 25.1 Å². The summed E-state index contributed by atoms with van der Waals surface area (Å²) < 4.78 is 18.9. The minimum absolute atomic E-state index is 0.255. The first-order valence-electron chi connectivity index (χ1n) is 6.55. The van der Waals surface area contributed by atoms with Crippen LogP contribution in [0.5, 0.6) is 5.75 Å². The summed E-state index contributed by atoms with van der Waals surface area (Å²) in [6.45, 7) is 3.93. The predicted molar refractivity (Wildman–Crippen MR) is 79.6 cm³/mol. The summed E-state index contributed by atoms with van der Waals surface area (Å²) in [5, 5.41) is 3.92. The summed E-state index contributed by atoms with van der Waals surface area (Å²) in [7, 11) is 0. The van der Waals surface area contributed by atoms with Gasteiger partial charge in [-0.1, -0.05) is 30.7 Å². The Kier molecular flexibility index (Phi) is 5.39. The third kappa shape index (κ3) is 4.22. The maximum absolute atomic E-state index is 13.1. The van der Waals surface area contributed by atoms with Gasteiger partial charge in [0.2, 0.25) is 0 Å². The van der Waals surface area contributed by atoms with Crippen LogP contribution in [0.15, 0.2) is 42.5 Å². The molecule has 0 atom stereocenters. The molecule has 0 spiro atoms. The molecule has 2 nitrogen and oxygen atoms in total. The van der Waals surface area contributed by atoms with Gasteiger partial charge in [-0.3, -0.25) is 0 Å². The van der Waals surface area contributed by atoms with E-state index >= 15 is 0 Å². The number of hydrogen-bond donors (Lipinski definition) is 1. The molecule has 1 N–H and O–H groups in total. The molecule has 0 saturated carbocycles. The maximum Gasteiger partial charge on any atom is 0.124 e. The highest BCUT2D eigenvalue weighted by atomic mass is 35.5. The lowest BCUT2D eigenvalue weighted by Crippen LogP contribution is -2.13. The van der Waals surface area contributed by atoms with E-state index in [-0.39, 0.29) is 5.82 Å². The van der Waals surface area contributed by atoms with Crippen molar-refractivity contribution in [1.29, 1.82) is 0 Å². The van der Waals surface area contributed by atoms with Crippen molar-refractivity contribution in [2.75, 3.05) is 6.54 Å². The first kappa shape index (κ1) is 14.8. The van der Waals surface area contributed by atoms with Crippen LogP contribution in [0.4, 0.5) is 4.39 Å². The Morgan fingerprint density at radius 3 is 2.80 bits per heavy atom.